The fourth-order valence-corrected chi connectivity index (χ4v) is 9.54. The molecule has 6 bridgehead atoms. The van der Waals surface area contributed by atoms with Crippen molar-refractivity contribution < 1.29 is 4.39 Å². The van der Waals surface area contributed by atoms with Crippen molar-refractivity contribution in [1.29, 1.82) is 0 Å². The lowest BCUT2D eigenvalue weighted by Gasteiger charge is -2.56. The highest BCUT2D eigenvalue weighted by Crippen LogP contribution is 2.60. The molecule has 6 aliphatic carbocycles. The summed E-state index contributed by atoms with van der Waals surface area (Å²) in [6, 6.07) is 4.89. The van der Waals surface area contributed by atoms with Gasteiger partial charge >= 0.3 is 0 Å². The second-order valence-electron chi connectivity index (χ2n) is 13.0. The van der Waals surface area contributed by atoms with E-state index in [0.29, 0.717) is 5.82 Å². The quantitative estimate of drug-likeness (QED) is 0.424. The van der Waals surface area contributed by atoms with Gasteiger partial charge in [-0.1, -0.05) is 30.9 Å². The van der Waals surface area contributed by atoms with E-state index >= 15 is 0 Å². The van der Waals surface area contributed by atoms with Gasteiger partial charge in [-0.2, -0.15) is 0 Å². The maximum Gasteiger partial charge on any atom is 0.163 e. The minimum absolute atomic E-state index is 0.118. The summed E-state index contributed by atoms with van der Waals surface area (Å²) in [4.78, 5) is 15.3. The van der Waals surface area contributed by atoms with Gasteiger partial charge in [0.05, 0.1) is 5.02 Å². The summed E-state index contributed by atoms with van der Waals surface area (Å²) in [5.41, 5.74) is 0.922. The van der Waals surface area contributed by atoms with Crippen LogP contribution in [-0.2, 0) is 11.8 Å². The van der Waals surface area contributed by atoms with Crippen molar-refractivity contribution in [1.82, 2.24) is 15.0 Å². The Kier molecular flexibility index (Phi) is 5.68. The van der Waals surface area contributed by atoms with Crippen LogP contribution in [0.1, 0.15) is 95.1 Å². The molecule has 1 aromatic carbocycles. The van der Waals surface area contributed by atoms with E-state index in [1.165, 1.54) is 89.5 Å². The number of hydrogen-bond donors (Lipinski definition) is 0. The van der Waals surface area contributed by atoms with Gasteiger partial charge in [0.2, 0.25) is 0 Å². The second-order valence-corrected chi connectivity index (χ2v) is 13.4. The molecule has 2 aromatic rings. The molecule has 3 nitrogen and oxygen atoms in total. The van der Waals surface area contributed by atoms with Gasteiger partial charge in [0, 0.05) is 17.4 Å². The summed E-state index contributed by atoms with van der Waals surface area (Å²) in [7, 11) is 0. The first-order valence-corrected chi connectivity index (χ1v) is 14.6. The number of nitrogens with zero attached hydrogens (tertiary/aromatic N) is 3. The van der Waals surface area contributed by atoms with Gasteiger partial charge in [0.25, 0.3) is 0 Å². The molecule has 6 saturated carbocycles. The molecule has 0 saturated heterocycles. The van der Waals surface area contributed by atoms with E-state index in [1.807, 2.05) is 0 Å². The number of aromatic nitrogens is 3. The van der Waals surface area contributed by atoms with Gasteiger partial charge < -0.3 is 0 Å². The molecule has 1 aromatic heterocycles. The van der Waals surface area contributed by atoms with Crippen LogP contribution in [-0.4, -0.2) is 15.0 Å². The third kappa shape index (κ3) is 4.32. The van der Waals surface area contributed by atoms with Crippen LogP contribution in [0.25, 0.3) is 11.4 Å². The summed E-state index contributed by atoms with van der Waals surface area (Å²) in [5.74, 6) is 7.48. The van der Waals surface area contributed by atoms with Crippen molar-refractivity contribution in [3.05, 3.63) is 40.7 Å². The van der Waals surface area contributed by atoms with Crippen LogP contribution in [0.3, 0.4) is 0 Å². The fourth-order valence-electron chi connectivity index (χ4n) is 9.36. The highest BCUT2D eigenvalue weighted by Gasteiger charge is 2.53. The monoisotopic (exact) mass is 493 g/mol. The molecule has 186 valence electrons. The van der Waals surface area contributed by atoms with Gasteiger partial charge in [-0.25, -0.2) is 19.3 Å². The molecule has 5 heteroatoms. The molecule has 0 N–H and O–H groups in total. The van der Waals surface area contributed by atoms with Crippen molar-refractivity contribution in [2.45, 2.75) is 95.3 Å². The topological polar surface area (TPSA) is 38.7 Å². The Bertz CT molecular complexity index is 1070. The first-order chi connectivity index (χ1) is 17.0. The number of halogens is 2. The predicted molar refractivity (Wildman–Crippen MR) is 137 cm³/mol. The van der Waals surface area contributed by atoms with Crippen LogP contribution in [0.15, 0.2) is 18.2 Å². The highest BCUT2D eigenvalue weighted by atomic mass is 35.5. The molecule has 0 aliphatic heterocycles. The van der Waals surface area contributed by atoms with Crippen LogP contribution in [0.5, 0.6) is 0 Å². The van der Waals surface area contributed by atoms with E-state index in [9.17, 15) is 4.39 Å². The molecular formula is C30H37ClFN3. The molecule has 6 fully saturated rings. The maximum absolute atomic E-state index is 13.9. The van der Waals surface area contributed by atoms with Gasteiger partial charge in [0.1, 0.15) is 17.5 Å². The smallest absolute Gasteiger partial charge is 0.163 e. The average molecular weight is 494 g/mol. The Morgan fingerprint density at radius 3 is 2.14 bits per heavy atom. The molecule has 6 aliphatic rings. The van der Waals surface area contributed by atoms with Crippen LogP contribution < -0.4 is 0 Å². The van der Waals surface area contributed by atoms with Crippen LogP contribution in [0.2, 0.25) is 5.02 Å². The Morgan fingerprint density at radius 2 is 1.49 bits per heavy atom. The van der Waals surface area contributed by atoms with Crippen LogP contribution in [0.4, 0.5) is 4.39 Å². The number of fused-ring (bicyclic) bond motifs is 2. The van der Waals surface area contributed by atoms with Gasteiger partial charge in [0.15, 0.2) is 5.82 Å². The average Bonchev–Trinajstić information content (AvgIpc) is 2.83. The summed E-state index contributed by atoms with van der Waals surface area (Å²) in [6.45, 7) is 0. The molecule has 2 unspecified atom stereocenters. The molecule has 2 atom stereocenters. The zero-order valence-corrected chi connectivity index (χ0v) is 21.4. The van der Waals surface area contributed by atoms with E-state index in [2.05, 4.69) is 0 Å². The van der Waals surface area contributed by atoms with Crippen molar-refractivity contribution in [2.24, 2.45) is 35.5 Å². The molecule has 0 spiro atoms. The minimum atomic E-state index is -0.395. The van der Waals surface area contributed by atoms with Gasteiger partial charge in [-0.15, -0.1) is 0 Å². The van der Waals surface area contributed by atoms with Crippen molar-refractivity contribution in [3.63, 3.8) is 0 Å². The lowest BCUT2D eigenvalue weighted by molar-refractivity contribution is -0.00956. The number of hydrogen-bond acceptors (Lipinski definition) is 3. The standard InChI is InChI=1S/C30H37ClFN3/c31-25-14-24(5-6-26(25)32)28-33-27(7-4-20-9-18-2-1-3-19(8-18)10-20)34-29(35-28)30-15-21-11-22(16-30)13-23(12-21)17-30/h5-6,14,18-23H,1-4,7-13,15-17H2. The molecule has 8 rings (SSSR count). The second kappa shape index (κ2) is 8.78. The van der Waals surface area contributed by atoms with Crippen molar-refractivity contribution in [2.75, 3.05) is 0 Å². The Balaban J connectivity index is 1.21. The first kappa shape index (κ1) is 22.6. The summed E-state index contributed by atoms with van der Waals surface area (Å²) < 4.78 is 13.9. The Morgan fingerprint density at radius 1 is 0.829 bits per heavy atom. The lowest BCUT2D eigenvalue weighted by Crippen LogP contribution is -2.49. The fraction of sp³-hybridized carbons (Fsp3) is 0.700. The number of benzene rings is 1. The lowest BCUT2D eigenvalue weighted by atomic mass is 9.49. The van der Waals surface area contributed by atoms with Crippen LogP contribution >= 0.6 is 11.6 Å². The van der Waals surface area contributed by atoms with E-state index in [4.69, 9.17) is 26.6 Å². The minimum Gasteiger partial charge on any atom is -0.217 e. The first-order valence-electron chi connectivity index (χ1n) is 14.2. The zero-order valence-electron chi connectivity index (χ0n) is 20.7. The molecule has 35 heavy (non-hydrogen) atoms. The number of rotatable bonds is 5. The molecule has 1 heterocycles. The largest absolute Gasteiger partial charge is 0.217 e. The maximum atomic E-state index is 13.9. The zero-order chi connectivity index (χ0) is 23.6. The SMILES string of the molecule is Fc1ccc(-c2nc(CCC3CC4CCCC(C4)C3)nc(C34CC5CC(CC(C5)C3)C4)n2)cc1Cl. The molecule has 0 amide bonds. The van der Waals surface area contributed by atoms with Crippen molar-refractivity contribution in [3.8, 4) is 11.4 Å². The third-order valence-corrected chi connectivity index (χ3v) is 10.7. The summed E-state index contributed by atoms with van der Waals surface area (Å²) >= 11 is 6.16. The summed E-state index contributed by atoms with van der Waals surface area (Å²) in [6.07, 6.45) is 18.6. The Hall–Kier alpha value is -1.55. The van der Waals surface area contributed by atoms with Gasteiger partial charge in [-0.3, -0.25) is 0 Å². The molecular weight excluding hydrogens is 457 g/mol. The van der Waals surface area contributed by atoms with Gasteiger partial charge in [-0.05, 0) is 118 Å². The molecule has 0 radical (unpaired) electrons. The number of aryl methyl sites for hydroxylation is 1. The van der Waals surface area contributed by atoms with E-state index in [-0.39, 0.29) is 10.4 Å². The normalized spacial score (nSPS) is 37.5. The third-order valence-electron chi connectivity index (χ3n) is 10.4. The Labute approximate surface area is 213 Å². The highest BCUT2D eigenvalue weighted by molar-refractivity contribution is 6.31. The van der Waals surface area contributed by atoms with E-state index < -0.39 is 5.82 Å². The van der Waals surface area contributed by atoms with Crippen molar-refractivity contribution >= 4 is 11.6 Å². The predicted octanol–water partition coefficient (Wildman–Crippen LogP) is 7.95. The van der Waals surface area contributed by atoms with E-state index in [1.54, 1.807) is 12.1 Å². The summed E-state index contributed by atoms with van der Waals surface area (Å²) in [5, 5.41) is 0.134. The van der Waals surface area contributed by atoms with Crippen LogP contribution in [0, 0.1) is 41.3 Å². The van der Waals surface area contributed by atoms with E-state index in [0.717, 1.165) is 59.1 Å².